The predicted octanol–water partition coefficient (Wildman–Crippen LogP) is 0.200. The van der Waals surface area contributed by atoms with Crippen molar-refractivity contribution in [1.29, 1.82) is 0 Å². The highest BCUT2D eigenvalue weighted by Gasteiger charge is 2.11. The first-order valence-corrected chi connectivity index (χ1v) is 6.50. The first-order chi connectivity index (χ1) is 9.47. The van der Waals surface area contributed by atoms with Crippen molar-refractivity contribution in [3.8, 4) is 0 Å². The van der Waals surface area contributed by atoms with Crippen molar-refractivity contribution < 1.29 is 9.59 Å². The smallest absolute Gasteiger partial charge is 0.265 e. The van der Waals surface area contributed by atoms with Crippen LogP contribution in [-0.2, 0) is 11.3 Å². The Kier molecular flexibility index (Phi) is 6.14. The number of amides is 2. The summed E-state index contributed by atoms with van der Waals surface area (Å²) in [6.07, 6.45) is 0. The van der Waals surface area contributed by atoms with Gasteiger partial charge in [0.15, 0.2) is 0 Å². The summed E-state index contributed by atoms with van der Waals surface area (Å²) in [5.41, 5.74) is 3.66. The minimum atomic E-state index is -0.313. The number of carbonyl (C=O) groups is 2. The Morgan fingerprint density at radius 2 is 1.80 bits per heavy atom. The summed E-state index contributed by atoms with van der Waals surface area (Å²) >= 11 is 0. The Labute approximate surface area is 119 Å². The van der Waals surface area contributed by atoms with Gasteiger partial charge in [0.25, 0.3) is 5.91 Å². The second-order valence-electron chi connectivity index (χ2n) is 4.76. The summed E-state index contributed by atoms with van der Waals surface area (Å²) in [6.45, 7) is 3.85. The molecule has 1 aromatic rings. The van der Waals surface area contributed by atoms with Gasteiger partial charge in [-0.2, -0.15) is 0 Å². The highest BCUT2D eigenvalue weighted by molar-refractivity contribution is 5.93. The number of benzene rings is 1. The van der Waals surface area contributed by atoms with Crippen LogP contribution in [0.4, 0.5) is 0 Å². The Morgan fingerprint density at radius 3 is 2.25 bits per heavy atom. The number of nitrogen functional groups attached to an aromatic ring is 1. The van der Waals surface area contributed by atoms with Crippen molar-refractivity contribution in [1.82, 2.24) is 15.2 Å². The largest absolute Gasteiger partial charge is 0.348 e. The third-order valence-corrected chi connectivity index (χ3v) is 3.06. The quantitative estimate of drug-likeness (QED) is 0.443. The molecule has 1 aromatic carbocycles. The van der Waals surface area contributed by atoms with Gasteiger partial charge in [-0.05, 0) is 24.2 Å². The molecule has 0 aliphatic rings. The van der Waals surface area contributed by atoms with Crippen LogP contribution in [0.2, 0.25) is 0 Å². The van der Waals surface area contributed by atoms with E-state index in [2.05, 4.69) is 5.43 Å². The first-order valence-electron chi connectivity index (χ1n) is 6.50. The highest BCUT2D eigenvalue weighted by Crippen LogP contribution is 2.08. The number of carbonyl (C=O) groups excluding carboxylic acids is 2. The molecule has 3 N–H and O–H groups in total. The Morgan fingerprint density at radius 1 is 1.20 bits per heavy atom. The van der Waals surface area contributed by atoms with Crippen molar-refractivity contribution in [3.63, 3.8) is 0 Å². The molecule has 0 unspecified atom stereocenters. The van der Waals surface area contributed by atoms with Gasteiger partial charge in [-0.15, -0.1) is 0 Å². The molecule has 0 aromatic heterocycles. The second-order valence-corrected chi connectivity index (χ2v) is 4.76. The lowest BCUT2D eigenvalue weighted by Gasteiger charge is -2.22. The molecule has 0 aliphatic carbocycles. The molecule has 110 valence electrons. The summed E-state index contributed by atoms with van der Waals surface area (Å²) in [5.74, 6) is 4.84. The number of nitrogens with one attached hydrogen (secondary N) is 1. The zero-order valence-electron chi connectivity index (χ0n) is 12.2. The normalized spacial score (nSPS) is 10.4. The number of rotatable bonds is 6. The van der Waals surface area contributed by atoms with Crippen LogP contribution in [-0.4, -0.2) is 48.8 Å². The third kappa shape index (κ3) is 4.64. The van der Waals surface area contributed by atoms with Crippen LogP contribution in [0.3, 0.4) is 0 Å². The summed E-state index contributed by atoms with van der Waals surface area (Å²) in [7, 11) is 3.49. The van der Waals surface area contributed by atoms with Gasteiger partial charge >= 0.3 is 0 Å². The Bertz CT molecular complexity index is 457. The van der Waals surface area contributed by atoms with Crippen LogP contribution in [0.25, 0.3) is 0 Å². The number of hydrazine groups is 1. The minimum absolute atomic E-state index is 0.0750. The van der Waals surface area contributed by atoms with E-state index in [9.17, 15) is 9.59 Å². The lowest BCUT2D eigenvalue weighted by molar-refractivity contribution is -0.130. The summed E-state index contributed by atoms with van der Waals surface area (Å²) in [5, 5.41) is 0. The van der Waals surface area contributed by atoms with Crippen molar-refractivity contribution in [3.05, 3.63) is 35.4 Å². The average molecular weight is 278 g/mol. The Balaban J connectivity index is 2.66. The molecule has 0 saturated heterocycles. The SMILES string of the molecule is CCN(CC(=O)N(C)C)Cc1ccc(C(=O)NN)cc1. The van der Waals surface area contributed by atoms with Gasteiger partial charge in [0, 0.05) is 26.2 Å². The maximum absolute atomic E-state index is 11.7. The second kappa shape index (κ2) is 7.62. The van der Waals surface area contributed by atoms with Crippen molar-refractivity contribution in [2.75, 3.05) is 27.2 Å². The van der Waals surface area contributed by atoms with Gasteiger partial charge in [0.2, 0.25) is 5.91 Å². The summed E-state index contributed by atoms with van der Waals surface area (Å²) in [6, 6.07) is 7.18. The van der Waals surface area contributed by atoms with Crippen LogP contribution in [0, 0.1) is 0 Å². The van der Waals surface area contributed by atoms with E-state index >= 15 is 0 Å². The molecule has 6 nitrogen and oxygen atoms in total. The third-order valence-electron chi connectivity index (χ3n) is 3.06. The van der Waals surface area contributed by atoms with Crippen LogP contribution < -0.4 is 11.3 Å². The topological polar surface area (TPSA) is 78.7 Å². The highest BCUT2D eigenvalue weighted by atomic mass is 16.2. The molecule has 0 fully saturated rings. The van der Waals surface area contributed by atoms with E-state index in [1.165, 1.54) is 0 Å². The Hall–Kier alpha value is -1.92. The predicted molar refractivity (Wildman–Crippen MR) is 77.7 cm³/mol. The number of hydrogen-bond acceptors (Lipinski definition) is 4. The molecule has 0 aliphatic heterocycles. The van der Waals surface area contributed by atoms with E-state index in [4.69, 9.17) is 5.84 Å². The zero-order valence-corrected chi connectivity index (χ0v) is 12.2. The minimum Gasteiger partial charge on any atom is -0.348 e. The fourth-order valence-electron chi connectivity index (χ4n) is 1.72. The van der Waals surface area contributed by atoms with Gasteiger partial charge in [-0.1, -0.05) is 19.1 Å². The van der Waals surface area contributed by atoms with Gasteiger partial charge in [-0.3, -0.25) is 19.9 Å². The van der Waals surface area contributed by atoms with E-state index in [1.54, 1.807) is 31.1 Å². The fraction of sp³-hybridized carbons (Fsp3) is 0.429. The molecule has 0 atom stereocenters. The fourth-order valence-corrected chi connectivity index (χ4v) is 1.72. The summed E-state index contributed by atoms with van der Waals surface area (Å²) in [4.78, 5) is 26.7. The maximum Gasteiger partial charge on any atom is 0.265 e. The van der Waals surface area contributed by atoms with Gasteiger partial charge < -0.3 is 4.90 Å². The molecule has 2 amide bonds. The molecule has 0 spiro atoms. The molecular formula is C14H22N4O2. The van der Waals surface area contributed by atoms with Crippen molar-refractivity contribution in [2.45, 2.75) is 13.5 Å². The van der Waals surface area contributed by atoms with Gasteiger partial charge in [0.1, 0.15) is 0 Å². The van der Waals surface area contributed by atoms with E-state index in [-0.39, 0.29) is 11.8 Å². The van der Waals surface area contributed by atoms with Gasteiger partial charge in [0.05, 0.1) is 6.54 Å². The van der Waals surface area contributed by atoms with E-state index in [1.807, 2.05) is 24.0 Å². The molecular weight excluding hydrogens is 256 g/mol. The number of hydrogen-bond donors (Lipinski definition) is 2. The lowest BCUT2D eigenvalue weighted by Crippen LogP contribution is -2.36. The standard InChI is InChI=1S/C14H22N4O2/c1-4-18(10-13(19)17(2)3)9-11-5-7-12(8-6-11)14(20)16-15/h5-8H,4,9-10,15H2,1-3H3,(H,16,20). The van der Waals surface area contributed by atoms with E-state index in [0.717, 1.165) is 12.1 Å². The van der Waals surface area contributed by atoms with Crippen LogP contribution in [0.15, 0.2) is 24.3 Å². The number of nitrogens with two attached hydrogens (primary N) is 1. The number of likely N-dealkylation sites (N-methyl/N-ethyl adjacent to an activating group) is 2. The van der Waals surface area contributed by atoms with Gasteiger partial charge in [-0.25, -0.2) is 5.84 Å². The van der Waals surface area contributed by atoms with Crippen LogP contribution in [0.1, 0.15) is 22.8 Å². The average Bonchev–Trinajstić information content (AvgIpc) is 2.46. The molecule has 20 heavy (non-hydrogen) atoms. The molecule has 0 bridgehead atoms. The van der Waals surface area contributed by atoms with Crippen LogP contribution in [0.5, 0.6) is 0 Å². The van der Waals surface area contributed by atoms with Crippen molar-refractivity contribution >= 4 is 11.8 Å². The molecule has 0 saturated carbocycles. The molecule has 0 radical (unpaired) electrons. The first kappa shape index (κ1) is 16.1. The van der Waals surface area contributed by atoms with E-state index in [0.29, 0.717) is 18.7 Å². The lowest BCUT2D eigenvalue weighted by atomic mass is 10.1. The maximum atomic E-state index is 11.7. The monoisotopic (exact) mass is 278 g/mol. The van der Waals surface area contributed by atoms with Crippen molar-refractivity contribution in [2.24, 2.45) is 5.84 Å². The number of nitrogens with zero attached hydrogens (tertiary/aromatic N) is 2. The summed E-state index contributed by atoms with van der Waals surface area (Å²) < 4.78 is 0. The van der Waals surface area contributed by atoms with Crippen LogP contribution >= 0.6 is 0 Å². The van der Waals surface area contributed by atoms with E-state index < -0.39 is 0 Å². The molecule has 1 rings (SSSR count). The molecule has 0 heterocycles. The molecule has 6 heteroatoms. The zero-order chi connectivity index (χ0) is 15.1.